The largest absolute Gasteiger partial charge is 0.310 e. The molecule has 0 heterocycles. The van der Waals surface area contributed by atoms with Gasteiger partial charge in [-0.05, 0) is 64.5 Å². The third kappa shape index (κ3) is 2.94. The van der Waals surface area contributed by atoms with Crippen LogP contribution in [0, 0.1) is 12.7 Å². The fourth-order valence-electron chi connectivity index (χ4n) is 2.33. The van der Waals surface area contributed by atoms with Crippen LogP contribution >= 0.6 is 15.9 Å². The summed E-state index contributed by atoms with van der Waals surface area (Å²) in [5.41, 5.74) is 3.93. The first-order chi connectivity index (χ1) is 9.65. The second kappa shape index (κ2) is 5.66. The molecule has 0 saturated heterocycles. The van der Waals surface area contributed by atoms with E-state index in [1.807, 2.05) is 19.1 Å². The van der Waals surface area contributed by atoms with Crippen molar-refractivity contribution >= 4 is 15.9 Å². The van der Waals surface area contributed by atoms with Gasteiger partial charge in [0, 0.05) is 18.2 Å². The number of hydrogen-bond acceptors (Lipinski definition) is 1. The quantitative estimate of drug-likeness (QED) is 0.846. The second-order valence-electron chi connectivity index (χ2n) is 5.41. The first-order valence-corrected chi connectivity index (χ1v) is 7.72. The van der Waals surface area contributed by atoms with Crippen LogP contribution in [0.2, 0.25) is 0 Å². The highest BCUT2D eigenvalue weighted by molar-refractivity contribution is 9.10. The van der Waals surface area contributed by atoms with Crippen LogP contribution in [0.5, 0.6) is 0 Å². The molecule has 1 fully saturated rings. The molecular formula is C17H17BrFN. The van der Waals surface area contributed by atoms with E-state index in [4.69, 9.17) is 0 Å². The molecule has 104 valence electrons. The zero-order valence-corrected chi connectivity index (χ0v) is 13.0. The molecule has 1 saturated carbocycles. The van der Waals surface area contributed by atoms with Crippen molar-refractivity contribution in [3.63, 3.8) is 0 Å². The smallest absolute Gasteiger partial charge is 0.145 e. The van der Waals surface area contributed by atoms with E-state index in [9.17, 15) is 4.39 Å². The van der Waals surface area contributed by atoms with Crippen LogP contribution in [0.15, 0.2) is 40.9 Å². The van der Waals surface area contributed by atoms with E-state index in [0.717, 1.165) is 17.7 Å². The minimum Gasteiger partial charge on any atom is -0.310 e. The van der Waals surface area contributed by atoms with Gasteiger partial charge in [-0.1, -0.05) is 24.3 Å². The molecule has 1 nitrogen and oxygen atoms in total. The van der Waals surface area contributed by atoms with Gasteiger partial charge in [0.25, 0.3) is 0 Å². The average molecular weight is 334 g/mol. The first-order valence-electron chi connectivity index (χ1n) is 6.92. The first kappa shape index (κ1) is 13.8. The van der Waals surface area contributed by atoms with Crippen LogP contribution in [0.3, 0.4) is 0 Å². The lowest BCUT2D eigenvalue weighted by Gasteiger charge is -2.11. The Balaban J connectivity index is 1.94. The summed E-state index contributed by atoms with van der Waals surface area (Å²) in [4.78, 5) is 0. The Labute approximate surface area is 127 Å². The summed E-state index contributed by atoms with van der Waals surface area (Å²) in [5.74, 6) is -0.192. The molecule has 2 aromatic carbocycles. The van der Waals surface area contributed by atoms with Gasteiger partial charge >= 0.3 is 0 Å². The maximum absolute atomic E-state index is 14.3. The summed E-state index contributed by atoms with van der Waals surface area (Å²) in [7, 11) is 0. The maximum Gasteiger partial charge on any atom is 0.145 e. The summed E-state index contributed by atoms with van der Waals surface area (Å²) in [6, 6.07) is 12.4. The van der Waals surface area contributed by atoms with Crippen molar-refractivity contribution < 1.29 is 4.39 Å². The standard InChI is InChI=1S/C17H17BrFN/c1-11-5-6-12(10-20-13-7-8-13)9-15(11)14-3-2-4-16(18)17(14)19/h2-6,9,13,20H,7-8,10H2,1H3. The van der Waals surface area contributed by atoms with Crippen molar-refractivity contribution in [1.82, 2.24) is 5.32 Å². The Morgan fingerprint density at radius 1 is 1.20 bits per heavy atom. The molecule has 0 aromatic heterocycles. The molecule has 1 aliphatic carbocycles. The van der Waals surface area contributed by atoms with Crippen LogP contribution in [0.4, 0.5) is 4.39 Å². The van der Waals surface area contributed by atoms with Crippen molar-refractivity contribution in [3.05, 3.63) is 57.8 Å². The van der Waals surface area contributed by atoms with E-state index in [2.05, 4.69) is 39.4 Å². The van der Waals surface area contributed by atoms with Gasteiger partial charge in [-0.15, -0.1) is 0 Å². The average Bonchev–Trinajstić information content (AvgIpc) is 3.25. The molecule has 2 aromatic rings. The highest BCUT2D eigenvalue weighted by Gasteiger charge is 2.20. The van der Waals surface area contributed by atoms with Gasteiger partial charge in [-0.25, -0.2) is 4.39 Å². The predicted octanol–water partition coefficient (Wildman–Crippen LogP) is 4.82. The van der Waals surface area contributed by atoms with Crippen LogP contribution in [0.1, 0.15) is 24.0 Å². The minimum absolute atomic E-state index is 0.192. The van der Waals surface area contributed by atoms with Gasteiger partial charge in [0.2, 0.25) is 0 Å². The van der Waals surface area contributed by atoms with Crippen LogP contribution in [-0.4, -0.2) is 6.04 Å². The fourth-order valence-corrected chi connectivity index (χ4v) is 2.70. The van der Waals surface area contributed by atoms with Gasteiger partial charge in [0.05, 0.1) is 4.47 Å². The fraction of sp³-hybridized carbons (Fsp3) is 0.294. The molecule has 0 spiro atoms. The molecular weight excluding hydrogens is 317 g/mol. The number of benzene rings is 2. The van der Waals surface area contributed by atoms with E-state index in [-0.39, 0.29) is 5.82 Å². The summed E-state index contributed by atoms with van der Waals surface area (Å²) in [6.07, 6.45) is 2.55. The number of halogens is 2. The molecule has 1 aliphatic rings. The molecule has 1 N–H and O–H groups in total. The topological polar surface area (TPSA) is 12.0 Å². The van der Waals surface area contributed by atoms with Gasteiger partial charge in [0.15, 0.2) is 0 Å². The molecule has 0 unspecified atom stereocenters. The lowest BCUT2D eigenvalue weighted by atomic mass is 9.97. The number of nitrogens with one attached hydrogen (secondary N) is 1. The molecule has 0 amide bonds. The molecule has 0 atom stereocenters. The Morgan fingerprint density at radius 3 is 2.75 bits per heavy atom. The van der Waals surface area contributed by atoms with Crippen LogP contribution < -0.4 is 5.32 Å². The predicted molar refractivity (Wildman–Crippen MR) is 84.1 cm³/mol. The molecule has 0 bridgehead atoms. The van der Waals surface area contributed by atoms with E-state index >= 15 is 0 Å². The second-order valence-corrected chi connectivity index (χ2v) is 6.26. The Morgan fingerprint density at radius 2 is 2.00 bits per heavy atom. The third-order valence-electron chi connectivity index (χ3n) is 3.72. The van der Waals surface area contributed by atoms with E-state index in [0.29, 0.717) is 16.1 Å². The Bertz CT molecular complexity index is 635. The van der Waals surface area contributed by atoms with E-state index < -0.39 is 0 Å². The number of hydrogen-bond donors (Lipinski definition) is 1. The summed E-state index contributed by atoms with van der Waals surface area (Å²) >= 11 is 3.26. The van der Waals surface area contributed by atoms with Crippen LogP contribution in [0.25, 0.3) is 11.1 Å². The van der Waals surface area contributed by atoms with E-state index in [1.54, 1.807) is 6.07 Å². The summed E-state index contributed by atoms with van der Waals surface area (Å²) < 4.78 is 14.8. The third-order valence-corrected chi connectivity index (χ3v) is 4.33. The molecule has 20 heavy (non-hydrogen) atoms. The van der Waals surface area contributed by atoms with Crippen molar-refractivity contribution in [2.45, 2.75) is 32.4 Å². The molecule has 0 aliphatic heterocycles. The zero-order chi connectivity index (χ0) is 14.1. The summed E-state index contributed by atoms with van der Waals surface area (Å²) in [5, 5.41) is 3.49. The van der Waals surface area contributed by atoms with Crippen molar-refractivity contribution in [2.75, 3.05) is 0 Å². The van der Waals surface area contributed by atoms with Gasteiger partial charge < -0.3 is 5.32 Å². The van der Waals surface area contributed by atoms with Crippen molar-refractivity contribution in [3.8, 4) is 11.1 Å². The van der Waals surface area contributed by atoms with Gasteiger partial charge in [-0.3, -0.25) is 0 Å². The molecule has 3 rings (SSSR count). The zero-order valence-electron chi connectivity index (χ0n) is 11.4. The highest BCUT2D eigenvalue weighted by atomic mass is 79.9. The summed E-state index contributed by atoms with van der Waals surface area (Å²) in [6.45, 7) is 2.88. The maximum atomic E-state index is 14.3. The van der Waals surface area contributed by atoms with Gasteiger partial charge in [-0.2, -0.15) is 0 Å². The highest BCUT2D eigenvalue weighted by Crippen LogP contribution is 2.31. The van der Waals surface area contributed by atoms with Crippen molar-refractivity contribution in [1.29, 1.82) is 0 Å². The van der Waals surface area contributed by atoms with Crippen LogP contribution in [-0.2, 0) is 6.54 Å². The Kier molecular flexibility index (Phi) is 3.90. The van der Waals surface area contributed by atoms with E-state index in [1.165, 1.54) is 18.4 Å². The lowest BCUT2D eigenvalue weighted by molar-refractivity contribution is 0.624. The minimum atomic E-state index is -0.192. The van der Waals surface area contributed by atoms with Crippen molar-refractivity contribution in [2.24, 2.45) is 0 Å². The number of aryl methyl sites for hydroxylation is 1. The van der Waals surface area contributed by atoms with Gasteiger partial charge in [0.1, 0.15) is 5.82 Å². The normalized spacial score (nSPS) is 14.6. The number of rotatable bonds is 4. The SMILES string of the molecule is Cc1ccc(CNC2CC2)cc1-c1cccc(Br)c1F. The molecule has 3 heteroatoms. The lowest BCUT2D eigenvalue weighted by Crippen LogP contribution is -2.15. The molecule has 0 radical (unpaired) electrons. The monoisotopic (exact) mass is 333 g/mol. The Hall–Kier alpha value is -1.19.